The quantitative estimate of drug-likeness (QED) is 0.375. The average molecular weight is 536 g/mol. The molecule has 0 radical (unpaired) electrons. The summed E-state index contributed by atoms with van der Waals surface area (Å²) in [5.41, 5.74) is 3.59. The van der Waals surface area contributed by atoms with Gasteiger partial charge < -0.3 is 10.6 Å². The number of carbonyl (C=O) groups is 1. The maximum atomic E-state index is 12.8. The van der Waals surface area contributed by atoms with Gasteiger partial charge in [-0.15, -0.1) is 22.7 Å². The topological polar surface area (TPSA) is 57.3 Å². The van der Waals surface area contributed by atoms with Crippen molar-refractivity contribution in [1.29, 1.82) is 0 Å². The van der Waals surface area contributed by atoms with Crippen LogP contribution < -0.4 is 10.6 Å². The van der Waals surface area contributed by atoms with E-state index in [0.29, 0.717) is 25.0 Å². The summed E-state index contributed by atoms with van der Waals surface area (Å²) in [6, 6.07) is 7.05. The van der Waals surface area contributed by atoms with E-state index in [1.165, 1.54) is 20.7 Å². The van der Waals surface area contributed by atoms with Crippen molar-refractivity contribution in [1.82, 2.24) is 20.5 Å². The summed E-state index contributed by atoms with van der Waals surface area (Å²) in [6.07, 6.45) is 2.47. The fourth-order valence-corrected chi connectivity index (χ4v) is 6.70. The number of carbonyl (C=O) groups excluding carboxylic acids is 1. The third kappa shape index (κ3) is 5.09. The first-order valence-electron chi connectivity index (χ1n) is 11.3. The van der Waals surface area contributed by atoms with Gasteiger partial charge in [0.15, 0.2) is 0 Å². The maximum Gasteiger partial charge on any atom is 0.222 e. The second-order valence-electron chi connectivity index (χ2n) is 8.69. The van der Waals surface area contributed by atoms with E-state index in [4.69, 9.17) is 4.98 Å². The monoisotopic (exact) mass is 534 g/mol. The molecule has 0 fully saturated rings. The average Bonchev–Trinajstić information content (AvgIpc) is 3.37. The molecule has 8 heteroatoms. The molecule has 2 aromatic heterocycles. The van der Waals surface area contributed by atoms with Crippen LogP contribution in [0.3, 0.4) is 0 Å². The summed E-state index contributed by atoms with van der Waals surface area (Å²) < 4.78 is 2.24. The Labute approximate surface area is 206 Å². The number of aromatic nitrogens is 1. The van der Waals surface area contributed by atoms with Gasteiger partial charge in [0.05, 0.1) is 10.2 Å². The number of thiazole rings is 1. The summed E-state index contributed by atoms with van der Waals surface area (Å²) in [5.74, 6) is 0.101. The second kappa shape index (κ2) is 10.3. The van der Waals surface area contributed by atoms with Gasteiger partial charge in [-0.3, -0.25) is 9.69 Å². The second-order valence-corrected chi connectivity index (χ2v) is 11.5. The Balaban J connectivity index is 1.58. The van der Waals surface area contributed by atoms with E-state index in [1.54, 1.807) is 22.7 Å². The Morgan fingerprint density at radius 1 is 1.34 bits per heavy atom. The molecular weight excluding hydrogens is 504 g/mol. The van der Waals surface area contributed by atoms with Crippen molar-refractivity contribution in [3.63, 3.8) is 0 Å². The summed E-state index contributed by atoms with van der Waals surface area (Å²) in [7, 11) is 0. The highest BCUT2D eigenvalue weighted by Crippen LogP contribution is 2.42. The van der Waals surface area contributed by atoms with Crippen LogP contribution in [0.4, 0.5) is 0 Å². The zero-order valence-corrected chi connectivity index (χ0v) is 22.3. The van der Waals surface area contributed by atoms with E-state index < -0.39 is 0 Å². The van der Waals surface area contributed by atoms with Crippen molar-refractivity contribution < 1.29 is 4.79 Å². The van der Waals surface area contributed by atoms with Crippen LogP contribution >= 0.6 is 38.6 Å². The Bertz CT molecular complexity index is 1090. The highest BCUT2D eigenvalue weighted by Gasteiger charge is 2.33. The Hall–Kier alpha value is -1.32. The zero-order valence-electron chi connectivity index (χ0n) is 19.1. The minimum absolute atomic E-state index is 0.0721. The lowest BCUT2D eigenvalue weighted by Gasteiger charge is -2.39. The Morgan fingerprint density at radius 2 is 2.16 bits per heavy atom. The minimum atomic E-state index is -0.0721. The van der Waals surface area contributed by atoms with Gasteiger partial charge in [0.1, 0.15) is 11.2 Å². The summed E-state index contributed by atoms with van der Waals surface area (Å²) in [4.78, 5) is 21.4. The van der Waals surface area contributed by atoms with Crippen LogP contribution in [0.15, 0.2) is 28.1 Å². The highest BCUT2D eigenvalue weighted by atomic mass is 79.9. The van der Waals surface area contributed by atoms with Gasteiger partial charge in [-0.1, -0.05) is 22.9 Å². The molecule has 0 saturated carbocycles. The van der Waals surface area contributed by atoms with Crippen LogP contribution in [0.1, 0.15) is 57.1 Å². The number of nitrogens with one attached hydrogen (secondary N) is 2. The van der Waals surface area contributed by atoms with Gasteiger partial charge in [0.2, 0.25) is 5.91 Å². The van der Waals surface area contributed by atoms with Gasteiger partial charge in [-0.25, -0.2) is 4.98 Å². The summed E-state index contributed by atoms with van der Waals surface area (Å²) in [5, 5.41) is 10.0. The number of nitrogens with zero attached hydrogens (tertiary/aromatic N) is 2. The molecule has 3 aromatic rings. The predicted octanol–water partition coefficient (Wildman–Crippen LogP) is 5.95. The predicted molar refractivity (Wildman–Crippen MR) is 139 cm³/mol. The van der Waals surface area contributed by atoms with E-state index in [0.717, 1.165) is 34.4 Å². The van der Waals surface area contributed by atoms with Crippen molar-refractivity contribution in [2.45, 2.75) is 65.2 Å². The molecule has 172 valence electrons. The number of hydrogen-bond donors (Lipinski definition) is 2. The van der Waals surface area contributed by atoms with Crippen LogP contribution in [0, 0.1) is 0 Å². The number of benzene rings is 1. The van der Waals surface area contributed by atoms with Crippen molar-refractivity contribution in [2.75, 3.05) is 13.1 Å². The number of fused-ring (bicyclic) bond motifs is 2. The Kier molecular flexibility index (Phi) is 7.67. The van der Waals surface area contributed by atoms with Crippen molar-refractivity contribution in [2.24, 2.45) is 0 Å². The molecule has 1 aromatic carbocycles. The Morgan fingerprint density at radius 3 is 2.91 bits per heavy atom. The fraction of sp³-hybridized carbons (Fsp3) is 0.500. The largest absolute Gasteiger partial charge is 0.336 e. The molecule has 0 bridgehead atoms. The van der Waals surface area contributed by atoms with Crippen molar-refractivity contribution >= 4 is 54.7 Å². The molecule has 1 aliphatic rings. The number of hydrogen-bond acceptors (Lipinski definition) is 6. The standard InChI is InChI=1S/C24H31BrN4OS2/c1-5-15(4)26-10-8-21(30)28-23-22-17(9-11-29(23)14(2)3)18(13-31-22)24-27-19-12-16(25)6-7-20(19)32-24/h6-7,12-15,23,26H,5,8-11H2,1-4H3,(H,28,30). The van der Waals surface area contributed by atoms with Crippen molar-refractivity contribution in [3.05, 3.63) is 38.5 Å². The van der Waals surface area contributed by atoms with Gasteiger partial charge in [-0.05, 0) is 57.4 Å². The minimum Gasteiger partial charge on any atom is -0.336 e. The van der Waals surface area contributed by atoms with E-state index in [1.807, 2.05) is 0 Å². The van der Waals surface area contributed by atoms with Gasteiger partial charge in [0, 0.05) is 51.9 Å². The third-order valence-electron chi connectivity index (χ3n) is 6.12. The molecule has 2 N–H and O–H groups in total. The van der Waals surface area contributed by atoms with Crippen LogP contribution in [0.2, 0.25) is 0 Å². The number of amides is 1. The molecule has 0 saturated heterocycles. The van der Waals surface area contributed by atoms with Gasteiger partial charge in [-0.2, -0.15) is 0 Å². The van der Waals surface area contributed by atoms with Crippen molar-refractivity contribution in [3.8, 4) is 10.6 Å². The van der Waals surface area contributed by atoms with Crippen LogP contribution in [0.5, 0.6) is 0 Å². The molecular formula is C24H31BrN4OS2. The first-order chi connectivity index (χ1) is 15.4. The number of thiophene rings is 1. The number of rotatable bonds is 8. The summed E-state index contributed by atoms with van der Waals surface area (Å²) in [6.45, 7) is 10.4. The molecule has 3 heterocycles. The lowest BCUT2D eigenvalue weighted by Crippen LogP contribution is -2.48. The zero-order chi connectivity index (χ0) is 22.8. The fourth-order valence-electron chi connectivity index (χ4n) is 4.11. The van der Waals surface area contributed by atoms with Gasteiger partial charge in [0.25, 0.3) is 0 Å². The highest BCUT2D eigenvalue weighted by molar-refractivity contribution is 9.10. The third-order valence-corrected chi connectivity index (χ3v) is 8.76. The molecule has 32 heavy (non-hydrogen) atoms. The number of halogens is 1. The molecule has 4 rings (SSSR count). The SMILES string of the molecule is CCC(C)NCCC(=O)NC1c2scc(-c3nc4cc(Br)ccc4s3)c2CCN1C(C)C. The molecule has 2 unspecified atom stereocenters. The molecule has 5 nitrogen and oxygen atoms in total. The molecule has 1 amide bonds. The van der Waals surface area contributed by atoms with Crippen LogP contribution in [0.25, 0.3) is 20.8 Å². The lowest BCUT2D eigenvalue weighted by atomic mass is 10.00. The van der Waals surface area contributed by atoms with E-state index in [9.17, 15) is 4.79 Å². The first kappa shape index (κ1) is 23.8. The summed E-state index contributed by atoms with van der Waals surface area (Å²) >= 11 is 7.04. The van der Waals surface area contributed by atoms with E-state index >= 15 is 0 Å². The molecule has 0 aliphatic carbocycles. The van der Waals surface area contributed by atoms with E-state index in [-0.39, 0.29) is 12.1 Å². The maximum absolute atomic E-state index is 12.8. The van der Waals surface area contributed by atoms with Gasteiger partial charge >= 0.3 is 0 Å². The normalized spacial score (nSPS) is 17.6. The van der Waals surface area contributed by atoms with E-state index in [2.05, 4.69) is 82.7 Å². The smallest absolute Gasteiger partial charge is 0.222 e. The molecule has 0 spiro atoms. The molecule has 1 aliphatic heterocycles. The van der Waals surface area contributed by atoms with Crippen LogP contribution in [-0.4, -0.2) is 41.0 Å². The van der Waals surface area contributed by atoms with Crippen LogP contribution in [-0.2, 0) is 11.2 Å². The lowest BCUT2D eigenvalue weighted by molar-refractivity contribution is -0.123. The first-order valence-corrected chi connectivity index (χ1v) is 13.8. The molecule has 2 atom stereocenters.